The third kappa shape index (κ3) is 5.85. The van der Waals surface area contributed by atoms with Crippen molar-refractivity contribution in [2.75, 3.05) is 24.6 Å². The second-order valence-electron chi connectivity index (χ2n) is 11.0. The van der Waals surface area contributed by atoms with E-state index < -0.39 is 30.6 Å². The second kappa shape index (κ2) is 10.3. The van der Waals surface area contributed by atoms with Crippen LogP contribution in [0.15, 0.2) is 28.1 Å². The number of fused-ring (bicyclic) bond motifs is 3. The van der Waals surface area contributed by atoms with Crippen LogP contribution in [0.25, 0.3) is 21.7 Å². The lowest BCUT2D eigenvalue weighted by Gasteiger charge is -2.40. The van der Waals surface area contributed by atoms with Crippen LogP contribution < -0.4 is 4.90 Å². The van der Waals surface area contributed by atoms with Crippen molar-refractivity contribution in [1.29, 1.82) is 0 Å². The van der Waals surface area contributed by atoms with Crippen molar-refractivity contribution in [3.8, 4) is 10.6 Å². The Kier molecular flexibility index (Phi) is 7.27. The van der Waals surface area contributed by atoms with Crippen LogP contribution in [0.1, 0.15) is 52.2 Å². The van der Waals surface area contributed by atoms with E-state index in [0.29, 0.717) is 29.2 Å². The van der Waals surface area contributed by atoms with Gasteiger partial charge in [-0.05, 0) is 58.2 Å². The van der Waals surface area contributed by atoms with Crippen LogP contribution in [-0.4, -0.2) is 75.7 Å². The van der Waals surface area contributed by atoms with Gasteiger partial charge in [0.05, 0.1) is 30.4 Å². The molecule has 13 heteroatoms. The molecule has 1 amide bonds. The van der Waals surface area contributed by atoms with E-state index in [9.17, 15) is 23.1 Å². The Balaban J connectivity index is 1.49. The van der Waals surface area contributed by atoms with Gasteiger partial charge in [-0.1, -0.05) is 0 Å². The van der Waals surface area contributed by atoms with Gasteiger partial charge in [0, 0.05) is 24.7 Å². The van der Waals surface area contributed by atoms with Crippen LogP contribution in [0, 0.1) is 0 Å². The number of oxazole rings is 1. The number of ether oxygens (including phenoxy) is 2. The Morgan fingerprint density at radius 3 is 2.49 bits per heavy atom. The van der Waals surface area contributed by atoms with Crippen LogP contribution in [0.5, 0.6) is 0 Å². The molecule has 4 atom stereocenters. The molecule has 4 heterocycles. The molecule has 0 spiro atoms. The van der Waals surface area contributed by atoms with Crippen molar-refractivity contribution in [2.24, 2.45) is 0 Å². The van der Waals surface area contributed by atoms with Crippen molar-refractivity contribution in [3.05, 3.63) is 29.3 Å². The minimum atomic E-state index is -4.72. The number of rotatable bonds is 6. The summed E-state index contributed by atoms with van der Waals surface area (Å²) >= 11 is 1.27. The van der Waals surface area contributed by atoms with Crippen molar-refractivity contribution in [2.45, 2.75) is 76.6 Å². The fourth-order valence-corrected chi connectivity index (χ4v) is 5.78. The summed E-state index contributed by atoms with van der Waals surface area (Å²) in [4.78, 5) is 25.4. The molecular weight excluding hydrogens is 537 g/mol. The van der Waals surface area contributed by atoms with E-state index >= 15 is 0 Å². The maximum Gasteiger partial charge on any atom is 0.418 e. The fraction of sp³-hybridized carbons (Fsp3) is 0.577. The number of anilines is 1. The molecule has 0 saturated carbocycles. The summed E-state index contributed by atoms with van der Waals surface area (Å²) in [6, 6.07) is 2.76. The van der Waals surface area contributed by atoms with E-state index in [1.807, 2.05) is 25.7 Å². The highest BCUT2D eigenvalue weighted by molar-refractivity contribution is 7.13. The lowest BCUT2D eigenvalue weighted by molar-refractivity contribution is -0.228. The van der Waals surface area contributed by atoms with Crippen LogP contribution in [0.4, 0.5) is 24.0 Å². The van der Waals surface area contributed by atoms with Gasteiger partial charge in [-0.15, -0.1) is 11.3 Å². The maximum atomic E-state index is 14.0. The zero-order valence-electron chi connectivity index (χ0n) is 22.1. The standard InChI is InChI=1S/C26H31F3N4O5S/c1-14(34)13-36-21(26(27,28)29)15-9-18(22-30-7-8-39-22)20-19(10-15)31-23(37-20)32-11-16-5-6-17(12-32)33(16)24(35)38-25(2,3)4/h7-10,14,16-17,21,34H,5-6,11-13H2,1-4H3. The highest BCUT2D eigenvalue weighted by Crippen LogP contribution is 2.42. The average molecular weight is 569 g/mol. The predicted octanol–water partition coefficient (Wildman–Crippen LogP) is 5.54. The van der Waals surface area contributed by atoms with Gasteiger partial charge < -0.3 is 23.9 Å². The molecule has 212 valence electrons. The van der Waals surface area contributed by atoms with E-state index in [0.717, 1.165) is 12.8 Å². The summed E-state index contributed by atoms with van der Waals surface area (Å²) in [5.41, 5.74) is 0.175. The van der Waals surface area contributed by atoms with Gasteiger partial charge in [0.1, 0.15) is 16.1 Å². The number of halogens is 3. The Hall–Kier alpha value is -2.90. The van der Waals surface area contributed by atoms with Crippen LogP contribution in [-0.2, 0) is 9.47 Å². The van der Waals surface area contributed by atoms with Gasteiger partial charge >= 0.3 is 12.3 Å². The minimum absolute atomic E-state index is 0.0916. The number of nitrogens with zero attached hydrogens (tertiary/aromatic N) is 4. The van der Waals surface area contributed by atoms with Gasteiger partial charge in [0.25, 0.3) is 6.01 Å². The molecule has 9 nitrogen and oxygen atoms in total. The molecule has 2 aromatic heterocycles. The number of thiazole rings is 1. The molecule has 1 N–H and O–H groups in total. The Labute approximate surface area is 227 Å². The van der Waals surface area contributed by atoms with Gasteiger partial charge in [0.15, 0.2) is 11.7 Å². The topological polar surface area (TPSA) is 101 Å². The van der Waals surface area contributed by atoms with Gasteiger partial charge in [-0.2, -0.15) is 18.2 Å². The van der Waals surface area contributed by atoms with Gasteiger partial charge in [-0.3, -0.25) is 4.90 Å². The Morgan fingerprint density at radius 1 is 1.23 bits per heavy atom. The third-order valence-electron chi connectivity index (χ3n) is 6.62. The second-order valence-corrected chi connectivity index (χ2v) is 11.9. The molecule has 3 aromatic rings. The van der Waals surface area contributed by atoms with Crippen molar-refractivity contribution < 1.29 is 37.0 Å². The molecule has 2 fully saturated rings. The van der Waals surface area contributed by atoms with Gasteiger partial charge in [-0.25, -0.2) is 9.78 Å². The normalized spacial score (nSPS) is 21.4. The largest absolute Gasteiger partial charge is 0.444 e. The number of benzene rings is 1. The highest BCUT2D eigenvalue weighted by Gasteiger charge is 2.46. The lowest BCUT2D eigenvalue weighted by Crippen LogP contribution is -2.56. The zero-order valence-corrected chi connectivity index (χ0v) is 22.9. The van der Waals surface area contributed by atoms with E-state index in [-0.39, 0.29) is 35.3 Å². The smallest absolute Gasteiger partial charge is 0.418 e. The van der Waals surface area contributed by atoms with Gasteiger partial charge in [0.2, 0.25) is 0 Å². The summed E-state index contributed by atoms with van der Waals surface area (Å²) in [6.07, 6.45) is -5.21. The van der Waals surface area contributed by atoms with Crippen molar-refractivity contribution >= 4 is 34.5 Å². The van der Waals surface area contributed by atoms with E-state index in [2.05, 4.69) is 9.97 Å². The molecule has 0 radical (unpaired) electrons. The summed E-state index contributed by atoms with van der Waals surface area (Å²) in [5, 5.41) is 11.7. The molecule has 39 heavy (non-hydrogen) atoms. The predicted molar refractivity (Wildman–Crippen MR) is 139 cm³/mol. The molecule has 5 rings (SSSR count). The van der Waals surface area contributed by atoms with E-state index in [4.69, 9.17) is 13.9 Å². The number of aliphatic hydroxyl groups is 1. The summed E-state index contributed by atoms with van der Waals surface area (Å²) in [6.45, 7) is 7.29. The van der Waals surface area contributed by atoms with Crippen LogP contribution in [0.2, 0.25) is 0 Å². The zero-order chi connectivity index (χ0) is 28.1. The van der Waals surface area contributed by atoms with Crippen LogP contribution in [0.3, 0.4) is 0 Å². The number of alkyl halides is 3. The van der Waals surface area contributed by atoms with E-state index in [1.165, 1.54) is 30.4 Å². The number of piperazine rings is 1. The summed E-state index contributed by atoms with van der Waals surface area (Å²) < 4.78 is 58.9. The van der Waals surface area contributed by atoms with Crippen molar-refractivity contribution in [3.63, 3.8) is 0 Å². The number of hydrogen-bond donors (Lipinski definition) is 1. The molecule has 1 aromatic carbocycles. The number of amides is 1. The number of aromatic nitrogens is 2. The highest BCUT2D eigenvalue weighted by atomic mass is 32.1. The monoisotopic (exact) mass is 568 g/mol. The Bertz CT molecular complexity index is 1310. The molecule has 2 aliphatic rings. The molecule has 2 aliphatic heterocycles. The molecule has 2 saturated heterocycles. The van der Waals surface area contributed by atoms with Crippen molar-refractivity contribution in [1.82, 2.24) is 14.9 Å². The maximum absolute atomic E-state index is 14.0. The number of carbonyl (C=O) groups excluding carboxylic acids is 1. The Morgan fingerprint density at radius 2 is 1.92 bits per heavy atom. The van der Waals surface area contributed by atoms with E-state index in [1.54, 1.807) is 16.5 Å². The SMILES string of the molecule is CC(O)COC(c1cc(-c2nccs2)c2oc(N3CC4CCC(C3)N4C(=O)OC(C)(C)C)nc2c1)C(F)(F)F. The van der Waals surface area contributed by atoms with Crippen LogP contribution >= 0.6 is 11.3 Å². The summed E-state index contributed by atoms with van der Waals surface area (Å²) in [7, 11) is 0. The first-order chi connectivity index (χ1) is 18.3. The minimum Gasteiger partial charge on any atom is -0.444 e. The lowest BCUT2D eigenvalue weighted by atomic mass is 10.0. The molecule has 2 bridgehead atoms. The number of aliphatic hydroxyl groups excluding tert-OH is 1. The first-order valence-corrected chi connectivity index (χ1v) is 13.6. The quantitative estimate of drug-likeness (QED) is 0.414. The molecule has 0 aliphatic carbocycles. The fourth-order valence-electron chi connectivity index (χ4n) is 5.13. The summed E-state index contributed by atoms with van der Waals surface area (Å²) in [5.74, 6) is 0. The number of carbonyl (C=O) groups is 1. The first kappa shape index (κ1) is 27.7. The molecule has 4 unspecified atom stereocenters. The average Bonchev–Trinajstić information content (AvgIpc) is 3.54. The molecular formula is C26H31F3N4O5S. The number of hydrogen-bond acceptors (Lipinski definition) is 9. The first-order valence-electron chi connectivity index (χ1n) is 12.8. The third-order valence-corrected chi connectivity index (χ3v) is 7.43.